The fourth-order valence-electron chi connectivity index (χ4n) is 4.28. The number of fused-ring (bicyclic) bond motifs is 1. The summed E-state index contributed by atoms with van der Waals surface area (Å²) in [6.07, 6.45) is 10.8. The van der Waals surface area contributed by atoms with Crippen molar-refractivity contribution in [3.63, 3.8) is 0 Å². The zero-order valence-corrected chi connectivity index (χ0v) is 19.5. The van der Waals surface area contributed by atoms with Crippen LogP contribution in [-0.4, -0.2) is 58.5 Å². The van der Waals surface area contributed by atoms with Crippen LogP contribution in [0, 0.1) is 6.92 Å². The van der Waals surface area contributed by atoms with E-state index in [2.05, 4.69) is 51.5 Å². The van der Waals surface area contributed by atoms with Gasteiger partial charge in [-0.1, -0.05) is 13.0 Å². The van der Waals surface area contributed by atoms with Crippen molar-refractivity contribution < 1.29 is 4.79 Å². The maximum atomic E-state index is 11.9. The van der Waals surface area contributed by atoms with Crippen LogP contribution in [0.4, 0.5) is 5.69 Å². The molecule has 0 atom stereocenters. The molecule has 1 aliphatic rings. The molecule has 0 N–H and O–H groups in total. The summed E-state index contributed by atoms with van der Waals surface area (Å²) in [5.74, 6) is 0. The van der Waals surface area contributed by atoms with Crippen LogP contribution in [0.3, 0.4) is 0 Å². The molecule has 3 aromatic rings. The van der Waals surface area contributed by atoms with Crippen LogP contribution in [0.1, 0.15) is 37.1 Å². The zero-order valence-electron chi connectivity index (χ0n) is 19.5. The first-order valence-corrected chi connectivity index (χ1v) is 11.3. The Morgan fingerprint density at radius 3 is 2.75 bits per heavy atom. The first kappa shape index (κ1) is 22.0. The van der Waals surface area contributed by atoms with Gasteiger partial charge in [0.05, 0.1) is 17.1 Å². The molecule has 168 valence electrons. The summed E-state index contributed by atoms with van der Waals surface area (Å²) in [7, 11) is 2.15. The number of nitrogens with zero attached hydrogens (tertiary/aromatic N) is 6. The molecule has 0 aliphatic carbocycles. The smallest absolute Gasteiger partial charge is 0.219 e. The van der Waals surface area contributed by atoms with Gasteiger partial charge in [0.1, 0.15) is 11.1 Å². The van der Waals surface area contributed by atoms with Crippen molar-refractivity contribution in [1.29, 1.82) is 0 Å². The Morgan fingerprint density at radius 1 is 1.16 bits per heavy atom. The van der Waals surface area contributed by atoms with Crippen molar-refractivity contribution in [3.05, 3.63) is 65.2 Å². The van der Waals surface area contributed by atoms with E-state index >= 15 is 0 Å². The van der Waals surface area contributed by atoms with Crippen LogP contribution in [-0.2, 0) is 11.2 Å². The Kier molecular flexibility index (Phi) is 6.55. The van der Waals surface area contributed by atoms with Gasteiger partial charge in [0.2, 0.25) is 6.41 Å². The van der Waals surface area contributed by atoms with Gasteiger partial charge >= 0.3 is 0 Å². The Hall–Kier alpha value is -3.19. The molecule has 4 rings (SSSR count). The average molecular weight is 433 g/mol. The Balaban J connectivity index is 1.72. The molecule has 7 heteroatoms. The van der Waals surface area contributed by atoms with E-state index in [-0.39, 0.29) is 0 Å². The van der Waals surface area contributed by atoms with Crippen LogP contribution < -0.4 is 10.4 Å². The van der Waals surface area contributed by atoms with Gasteiger partial charge in [0.25, 0.3) is 0 Å². The minimum Gasteiger partial charge on any atom is -0.369 e. The monoisotopic (exact) mass is 432 g/mol. The highest BCUT2D eigenvalue weighted by Crippen LogP contribution is 2.21. The predicted octanol–water partition coefficient (Wildman–Crippen LogP) is 3.15. The second kappa shape index (κ2) is 9.53. The van der Waals surface area contributed by atoms with Crippen molar-refractivity contribution in [3.8, 4) is 0 Å². The summed E-state index contributed by atoms with van der Waals surface area (Å²) >= 11 is 0. The second-order valence-corrected chi connectivity index (χ2v) is 8.41. The molecular weight excluding hydrogens is 400 g/mol. The van der Waals surface area contributed by atoms with E-state index in [4.69, 9.17) is 4.99 Å². The average Bonchev–Trinajstić information content (AvgIpc) is 3.05. The number of hydrogen-bond donors (Lipinski definition) is 0. The lowest BCUT2D eigenvalue weighted by atomic mass is 10.1. The number of anilines is 1. The molecule has 32 heavy (non-hydrogen) atoms. The summed E-state index contributed by atoms with van der Waals surface area (Å²) in [6, 6.07) is 6.15. The van der Waals surface area contributed by atoms with E-state index in [9.17, 15) is 4.79 Å². The summed E-state index contributed by atoms with van der Waals surface area (Å²) in [5, 5.41) is 0. The Morgan fingerprint density at radius 2 is 2.00 bits per heavy atom. The maximum absolute atomic E-state index is 11.9. The highest BCUT2D eigenvalue weighted by Gasteiger charge is 2.14. The molecule has 0 aromatic carbocycles. The van der Waals surface area contributed by atoms with Gasteiger partial charge in [-0.25, -0.2) is 9.98 Å². The fraction of sp³-hybridized carbons (Fsp3) is 0.400. The molecule has 0 amide bonds. The molecule has 7 nitrogen and oxygen atoms in total. The summed E-state index contributed by atoms with van der Waals surface area (Å²) < 4.78 is 3.64. The number of aryl methyl sites for hydroxylation is 2. The normalized spacial score (nSPS) is 16.6. The molecule has 0 unspecified atom stereocenters. The van der Waals surface area contributed by atoms with E-state index in [1.807, 2.05) is 38.4 Å². The van der Waals surface area contributed by atoms with E-state index in [0.29, 0.717) is 5.49 Å². The SMILES string of the molecule is C/C=C(\N=c1\ccc(N2CCCN(C)CC2)cn1C=O)c1cc(CC)c2nc(C)cn2c1. The van der Waals surface area contributed by atoms with Crippen LogP contribution >= 0.6 is 0 Å². The van der Waals surface area contributed by atoms with Crippen molar-refractivity contribution in [2.24, 2.45) is 4.99 Å². The van der Waals surface area contributed by atoms with Gasteiger partial charge in [-0.2, -0.15) is 0 Å². The minimum absolute atomic E-state index is 0.615. The number of carbonyl (C=O) groups excluding carboxylic acids is 1. The summed E-state index contributed by atoms with van der Waals surface area (Å²) in [6.45, 7) is 10.2. The number of hydrogen-bond acceptors (Lipinski definition) is 5. The second-order valence-electron chi connectivity index (χ2n) is 8.41. The van der Waals surface area contributed by atoms with Gasteiger partial charge in [-0.15, -0.1) is 0 Å². The van der Waals surface area contributed by atoms with E-state index in [1.54, 1.807) is 4.57 Å². The van der Waals surface area contributed by atoms with Crippen LogP contribution in [0.5, 0.6) is 0 Å². The third-order valence-electron chi connectivity index (χ3n) is 6.07. The summed E-state index contributed by atoms with van der Waals surface area (Å²) in [4.78, 5) is 26.1. The van der Waals surface area contributed by atoms with E-state index < -0.39 is 0 Å². The largest absolute Gasteiger partial charge is 0.369 e. The predicted molar refractivity (Wildman–Crippen MR) is 129 cm³/mol. The number of likely N-dealkylation sites (N-methyl/N-ethyl adjacent to an activating group) is 1. The molecule has 0 spiro atoms. The van der Waals surface area contributed by atoms with Crippen molar-refractivity contribution in [1.82, 2.24) is 18.9 Å². The highest BCUT2D eigenvalue weighted by atomic mass is 16.1. The number of aromatic nitrogens is 3. The van der Waals surface area contributed by atoms with Crippen molar-refractivity contribution in [2.75, 3.05) is 38.1 Å². The first-order valence-electron chi connectivity index (χ1n) is 11.3. The molecule has 4 heterocycles. The standard InChI is InChI=1S/C25H32N6O/c1-5-20-14-21(16-30-15-19(3)26-25(20)30)23(6-2)27-24-9-8-22(17-31(24)18-32)29-11-7-10-28(4)12-13-29/h6,8-9,14-18H,5,7,10-13H2,1-4H3/b23-6-,27-24-. The van der Waals surface area contributed by atoms with Gasteiger partial charge in [0, 0.05) is 43.8 Å². The Bertz CT molecular complexity index is 1220. The van der Waals surface area contributed by atoms with Crippen LogP contribution in [0.25, 0.3) is 11.3 Å². The van der Waals surface area contributed by atoms with E-state index in [1.165, 1.54) is 5.56 Å². The van der Waals surface area contributed by atoms with Gasteiger partial charge in [-0.3, -0.25) is 9.36 Å². The zero-order chi connectivity index (χ0) is 22.7. The molecule has 1 aliphatic heterocycles. The lowest BCUT2D eigenvalue weighted by Crippen LogP contribution is -2.30. The topological polar surface area (TPSA) is 58.1 Å². The van der Waals surface area contributed by atoms with Gasteiger partial charge in [0.15, 0.2) is 0 Å². The number of pyridine rings is 2. The van der Waals surface area contributed by atoms with Crippen LogP contribution in [0.2, 0.25) is 0 Å². The van der Waals surface area contributed by atoms with Crippen LogP contribution in [0.15, 0.2) is 47.9 Å². The molecular formula is C25H32N6O. The number of allylic oxidation sites excluding steroid dienone is 1. The number of imidazole rings is 1. The molecule has 0 radical (unpaired) electrons. The van der Waals surface area contributed by atoms with Gasteiger partial charge < -0.3 is 14.2 Å². The molecule has 0 bridgehead atoms. The summed E-state index contributed by atoms with van der Waals surface area (Å²) in [5.41, 5.74) is 6.65. The molecule has 3 aromatic heterocycles. The fourth-order valence-corrected chi connectivity index (χ4v) is 4.28. The van der Waals surface area contributed by atoms with Crippen molar-refractivity contribution in [2.45, 2.75) is 33.6 Å². The maximum Gasteiger partial charge on any atom is 0.219 e. The quantitative estimate of drug-likeness (QED) is 0.581. The third-order valence-corrected chi connectivity index (χ3v) is 6.07. The number of carbonyl (C=O) groups is 1. The minimum atomic E-state index is 0.615. The van der Waals surface area contributed by atoms with E-state index in [0.717, 1.165) is 73.7 Å². The lowest BCUT2D eigenvalue weighted by molar-refractivity contribution is 0.360. The highest BCUT2D eigenvalue weighted by molar-refractivity contribution is 5.67. The first-order chi connectivity index (χ1) is 15.5. The van der Waals surface area contributed by atoms with Gasteiger partial charge in [-0.05, 0) is 64.0 Å². The molecule has 0 saturated carbocycles. The Labute approximate surface area is 189 Å². The lowest BCUT2D eigenvalue weighted by Gasteiger charge is -2.23. The van der Waals surface area contributed by atoms with Crippen molar-refractivity contribution >= 4 is 23.4 Å². The third kappa shape index (κ3) is 4.53. The number of rotatable bonds is 5. The molecule has 1 fully saturated rings. The molecule has 1 saturated heterocycles.